The molecule has 864 valence electrons. The van der Waals surface area contributed by atoms with E-state index in [2.05, 4.69) is 339 Å². The van der Waals surface area contributed by atoms with E-state index in [0.717, 1.165) is 123 Å². The highest BCUT2D eigenvalue weighted by molar-refractivity contribution is 5.76. The van der Waals surface area contributed by atoms with Crippen LogP contribution in [0, 0.1) is 33.5 Å². The molecule has 12 rings (SSSR count). The summed E-state index contributed by atoms with van der Waals surface area (Å²) in [6, 6.07) is 5.97. The van der Waals surface area contributed by atoms with Crippen LogP contribution >= 0.6 is 0 Å². The predicted molar refractivity (Wildman–Crippen MR) is 623 cm³/mol. The molecule has 25 heteroatoms. The zero-order chi connectivity index (χ0) is 111. The summed E-state index contributed by atoms with van der Waals surface area (Å²) in [5, 5.41) is 0. The molecule has 10 heterocycles. The van der Waals surface area contributed by atoms with Crippen molar-refractivity contribution in [3.05, 3.63) is 23.8 Å². The van der Waals surface area contributed by atoms with Crippen LogP contribution in [0.3, 0.4) is 0 Å². The number of nitrogens with two attached hydrogens (primary N) is 1. The van der Waals surface area contributed by atoms with Gasteiger partial charge in [0.05, 0.1) is 99.3 Å². The molecule has 1 amide bonds. The zero-order valence-corrected chi connectivity index (χ0v) is 105. The summed E-state index contributed by atoms with van der Waals surface area (Å²) in [5.41, 5.74) is 11.3. The number of ether oxygens (including phenoxy) is 8. The average molecular weight is 2080 g/mol. The van der Waals surface area contributed by atoms with Gasteiger partial charge in [-0.05, 0) is 345 Å². The number of hydrogen-bond acceptors (Lipinski definition) is 24. The Bertz CT molecular complexity index is 3510. The number of anilines is 1. The van der Waals surface area contributed by atoms with E-state index in [9.17, 15) is 4.79 Å². The van der Waals surface area contributed by atoms with Crippen molar-refractivity contribution >= 4 is 11.6 Å². The summed E-state index contributed by atoms with van der Waals surface area (Å²) in [7, 11) is 0. The fourth-order valence-corrected chi connectivity index (χ4v) is 21.6. The Morgan fingerprint density at radius 1 is 0.333 bits per heavy atom. The maximum absolute atomic E-state index is 12.2. The fourth-order valence-electron chi connectivity index (χ4n) is 21.6. The third-order valence-corrected chi connectivity index (χ3v) is 31.0. The summed E-state index contributed by atoms with van der Waals surface area (Å²) in [6.07, 6.45) is 10.1. The van der Waals surface area contributed by atoms with Gasteiger partial charge in [-0.15, -0.1) is 0 Å². The van der Waals surface area contributed by atoms with Gasteiger partial charge in [0.25, 0.3) is 0 Å². The normalized spacial score (nSPS) is 22.2. The van der Waals surface area contributed by atoms with Crippen LogP contribution < -0.4 is 10.5 Å². The van der Waals surface area contributed by atoms with E-state index in [1.165, 1.54) is 227 Å². The lowest BCUT2D eigenvalue weighted by Crippen LogP contribution is -2.72. The van der Waals surface area contributed by atoms with Gasteiger partial charge >= 0.3 is 0 Å². The van der Waals surface area contributed by atoms with Crippen molar-refractivity contribution in [1.82, 2.24) is 73.5 Å². The van der Waals surface area contributed by atoms with Crippen molar-refractivity contribution in [3.8, 4) is 5.75 Å². The van der Waals surface area contributed by atoms with Gasteiger partial charge < -0.3 is 58.3 Å². The SMILES string of the molecule is CC(C)(C)CCC(=O)N1CCN(CCOC(C)(C)C)CC1.CC(C)(C)COCCN1CC2(C1)CN(CCOC(C)(C)C)C2.CC(C)(C)N1CCC(CN2CCN(C(C)(C)C)CC2)CC1.CC(C)(C)N1CCN(CCC2CCN(C(C)(C)C)C2)CC1.CC(C)(C)N1CCN(CN2CCN(C(C)(C)C)CC2)CC1.CC(C)(C)OCCOC1CC2(C1)CN(CCOC(C)(C)C)C2.CC(C)(C)OCCOc1cc(C(C)(C)C)ccc1N. The van der Waals surface area contributed by atoms with Gasteiger partial charge in [0.2, 0.25) is 5.91 Å². The lowest BCUT2D eigenvalue weighted by Gasteiger charge is -2.60. The van der Waals surface area contributed by atoms with Crippen LogP contribution in [0.5, 0.6) is 5.75 Å². The largest absolute Gasteiger partial charge is 0.489 e. The quantitative estimate of drug-likeness (QED) is 0.0570. The van der Waals surface area contributed by atoms with E-state index < -0.39 is 0 Å². The van der Waals surface area contributed by atoms with E-state index in [1.807, 2.05) is 43.9 Å². The van der Waals surface area contributed by atoms with Gasteiger partial charge in [-0.25, -0.2) is 0 Å². The smallest absolute Gasteiger partial charge is 0.222 e. The highest BCUT2D eigenvalue weighted by Crippen LogP contribution is 2.50. The molecule has 1 atom stereocenters. The van der Waals surface area contributed by atoms with Crippen LogP contribution in [-0.4, -0.2) is 448 Å². The summed E-state index contributed by atoms with van der Waals surface area (Å²) in [4.78, 5) is 50.6. The number of likely N-dealkylation sites (tertiary alicyclic amines) is 5. The minimum absolute atomic E-state index is 0.0110. The van der Waals surface area contributed by atoms with Gasteiger partial charge in [0.15, 0.2) is 0 Å². The van der Waals surface area contributed by atoms with Crippen LogP contribution in [-0.2, 0) is 43.4 Å². The number of amides is 1. The molecule has 0 aromatic heterocycles. The van der Waals surface area contributed by atoms with E-state index in [-0.39, 0.29) is 44.3 Å². The number of piperazine rings is 5. The Labute approximate surface area is 908 Å². The second-order valence-corrected chi connectivity index (χ2v) is 60.4. The zero-order valence-electron chi connectivity index (χ0n) is 105. The van der Waals surface area contributed by atoms with Gasteiger partial charge in [-0.1, -0.05) is 68.4 Å². The first-order chi connectivity index (χ1) is 67.3. The lowest BCUT2D eigenvalue weighted by atomic mass is 9.62. The number of carbonyl (C=O) groups excluding carboxylic acids is 1. The molecular formula is C122H242N16O9. The highest BCUT2D eigenvalue weighted by atomic mass is 16.5. The second kappa shape index (κ2) is 57.8. The Balaban J connectivity index is 0.000000262. The molecule has 11 fully saturated rings. The van der Waals surface area contributed by atoms with Crippen LogP contribution in [0.2, 0.25) is 0 Å². The standard InChI is InChI=1S/2C18H37N3.C18H36N2O2.C18H35NO3.C17H36N4.C17H34N2O2.C16H27NO2/c1-17(2,3)20-9-7-16(8-10-20)15-19-11-13-21(14-12-19)18(4,5)6;1-17(2,3)20-13-11-19(12-14-20)9-7-16-8-10-21(15-16)18(4,5)6;1-16(2,3)15-21-9-7-19-11-18(12-19)13-20(14-18)8-10-22-17(4,5)6;1-16(2,3)21-8-7-19-13-18(14-19)11-15(12-18)20-9-10-22-17(4,5)6;1-16(2,3)20-11-7-18(8-12-20)15-19-9-13-21(14-10-19)17(4,5)6;1-16(2,3)8-7-15(20)19-11-9-18(10-12-19)13-14-21-17(4,5)6;1-15(2,3)12-7-8-13(17)14(11-12)18-9-10-19-16(4,5)6/h2*16H,7-15H2,1-6H3;7-15H2,1-6H3;15H,7-14H2,1-6H3;7-15H2,1-6H3;7-14H2,1-6H3;7-8,11H,9-10,17H2,1-6H3. The third kappa shape index (κ3) is 54.5. The van der Waals surface area contributed by atoms with E-state index in [1.54, 1.807) is 0 Å². The Kier molecular flexibility index (Phi) is 52.3. The van der Waals surface area contributed by atoms with Crippen molar-refractivity contribution in [3.63, 3.8) is 0 Å². The first-order valence-electron chi connectivity index (χ1n) is 58.8. The number of nitrogens with zero attached hydrogens (tertiary/aromatic N) is 15. The van der Waals surface area contributed by atoms with Gasteiger partial charge in [-0.2, -0.15) is 0 Å². The van der Waals surface area contributed by atoms with Crippen molar-refractivity contribution in [2.75, 3.05) is 307 Å². The topological polar surface area (TPSA) is 166 Å². The molecule has 2 N–H and O–H groups in total. The molecule has 1 unspecified atom stereocenters. The van der Waals surface area contributed by atoms with Crippen molar-refractivity contribution < 1.29 is 42.7 Å². The van der Waals surface area contributed by atoms with Crippen molar-refractivity contribution in [2.45, 2.75) is 415 Å². The Hall–Kier alpha value is -2.55. The summed E-state index contributed by atoms with van der Waals surface area (Å²) >= 11 is 0. The monoisotopic (exact) mass is 2080 g/mol. The molecular weight excluding hydrogens is 1830 g/mol. The fraction of sp³-hybridized carbons (Fsp3) is 0.943. The van der Waals surface area contributed by atoms with Crippen molar-refractivity contribution in [2.24, 2.45) is 33.5 Å². The number of carbonyl (C=O) groups is 1. The van der Waals surface area contributed by atoms with Crippen molar-refractivity contribution in [1.29, 1.82) is 0 Å². The van der Waals surface area contributed by atoms with E-state index in [0.29, 0.717) is 88.0 Å². The number of hydrogen-bond donors (Lipinski definition) is 1. The molecule has 11 aliphatic rings. The molecule has 1 aromatic carbocycles. The Morgan fingerprint density at radius 2 is 0.667 bits per heavy atom. The molecule has 2 spiro atoms. The molecule has 0 bridgehead atoms. The van der Waals surface area contributed by atoms with Crippen LogP contribution in [0.4, 0.5) is 5.69 Å². The predicted octanol–water partition coefficient (Wildman–Crippen LogP) is 19.7. The van der Waals surface area contributed by atoms with E-state index >= 15 is 0 Å². The number of benzene rings is 1. The highest BCUT2D eigenvalue weighted by Gasteiger charge is 2.53. The van der Waals surface area contributed by atoms with Gasteiger partial charge in [-0.3, -0.25) is 63.6 Å². The third-order valence-electron chi connectivity index (χ3n) is 31.0. The first kappa shape index (κ1) is 133. The van der Waals surface area contributed by atoms with Crippen LogP contribution in [0.15, 0.2) is 18.2 Å². The first-order valence-corrected chi connectivity index (χ1v) is 58.8. The van der Waals surface area contributed by atoms with Gasteiger partial charge in [0.1, 0.15) is 12.4 Å². The number of nitrogen functional groups attached to an aromatic ring is 1. The van der Waals surface area contributed by atoms with Crippen LogP contribution in [0.1, 0.15) is 348 Å². The molecule has 10 saturated heterocycles. The molecule has 10 aliphatic heterocycles. The minimum Gasteiger partial charge on any atom is -0.489 e. The Morgan fingerprint density at radius 3 is 1.04 bits per heavy atom. The molecule has 1 aliphatic carbocycles. The summed E-state index contributed by atoms with van der Waals surface area (Å²) in [6.45, 7) is 144. The minimum atomic E-state index is -0.137. The summed E-state index contributed by atoms with van der Waals surface area (Å²) < 4.78 is 46.0. The average Bonchev–Trinajstić information content (AvgIpc) is 0.923. The van der Waals surface area contributed by atoms with Crippen LogP contribution in [0.25, 0.3) is 0 Å². The number of piperidine rings is 1. The van der Waals surface area contributed by atoms with Gasteiger partial charge in [0, 0.05) is 260 Å². The maximum atomic E-state index is 12.2. The molecule has 25 nitrogen and oxygen atoms in total. The lowest BCUT2D eigenvalue weighted by molar-refractivity contribution is -0.164. The molecule has 0 radical (unpaired) electrons. The maximum Gasteiger partial charge on any atom is 0.222 e. The summed E-state index contributed by atoms with van der Waals surface area (Å²) in [5.74, 6) is 2.90. The molecule has 1 aromatic rings. The number of rotatable bonds is 30. The molecule has 147 heavy (non-hydrogen) atoms. The second-order valence-electron chi connectivity index (χ2n) is 60.4. The molecule has 1 saturated carbocycles. The van der Waals surface area contributed by atoms with E-state index in [4.69, 9.17) is 43.6 Å².